The van der Waals surface area contributed by atoms with E-state index in [1.165, 1.54) is 0 Å². The summed E-state index contributed by atoms with van der Waals surface area (Å²) in [5.41, 5.74) is 3.12. The molecule has 0 aliphatic carbocycles. The zero-order chi connectivity index (χ0) is 20.1. The number of ether oxygens (including phenoxy) is 1. The van der Waals surface area contributed by atoms with E-state index in [0.29, 0.717) is 30.4 Å². The second-order valence-corrected chi connectivity index (χ2v) is 7.28. The number of carbonyl (C=O) groups excluding carboxylic acids is 1. The largest absolute Gasteiger partial charge is 0.478 e. The molecule has 1 aliphatic heterocycles. The number of pyridine rings is 1. The molecule has 0 bridgehead atoms. The SMILES string of the molecule is CN1CCN(CCCOc2ccc(-c3nc4c(NC=O)cccc4[nH]3)cn2)CC1. The van der Waals surface area contributed by atoms with Crippen molar-refractivity contribution in [2.24, 2.45) is 0 Å². The minimum Gasteiger partial charge on any atom is -0.478 e. The van der Waals surface area contributed by atoms with Crippen LogP contribution in [0.25, 0.3) is 22.4 Å². The number of fused-ring (bicyclic) bond motifs is 1. The second-order valence-electron chi connectivity index (χ2n) is 7.28. The van der Waals surface area contributed by atoms with Crippen molar-refractivity contribution in [1.82, 2.24) is 24.8 Å². The van der Waals surface area contributed by atoms with Crippen molar-refractivity contribution in [3.05, 3.63) is 36.5 Å². The first kappa shape index (κ1) is 19.4. The Bertz CT molecular complexity index is 947. The molecule has 29 heavy (non-hydrogen) atoms. The van der Waals surface area contributed by atoms with Gasteiger partial charge < -0.3 is 24.8 Å². The third-order valence-corrected chi connectivity index (χ3v) is 5.20. The van der Waals surface area contributed by atoms with Crippen LogP contribution in [0.4, 0.5) is 5.69 Å². The van der Waals surface area contributed by atoms with Crippen molar-refractivity contribution in [2.75, 3.05) is 51.7 Å². The topological polar surface area (TPSA) is 86.4 Å². The van der Waals surface area contributed by atoms with E-state index >= 15 is 0 Å². The predicted octanol–water partition coefficient (Wildman–Crippen LogP) is 2.21. The van der Waals surface area contributed by atoms with Gasteiger partial charge in [-0.3, -0.25) is 4.79 Å². The number of aromatic nitrogens is 3. The molecule has 8 heteroatoms. The highest BCUT2D eigenvalue weighted by Crippen LogP contribution is 2.25. The van der Waals surface area contributed by atoms with Crippen LogP contribution in [0.1, 0.15) is 6.42 Å². The van der Waals surface area contributed by atoms with Crippen LogP contribution in [0.2, 0.25) is 0 Å². The highest BCUT2D eigenvalue weighted by atomic mass is 16.5. The molecule has 8 nitrogen and oxygen atoms in total. The molecule has 0 unspecified atom stereocenters. The van der Waals surface area contributed by atoms with Gasteiger partial charge in [0.2, 0.25) is 12.3 Å². The Morgan fingerprint density at radius 3 is 2.83 bits per heavy atom. The number of imidazole rings is 1. The van der Waals surface area contributed by atoms with Crippen molar-refractivity contribution in [1.29, 1.82) is 0 Å². The zero-order valence-corrected chi connectivity index (χ0v) is 16.6. The molecule has 3 aromatic rings. The number of benzene rings is 1. The number of hydrogen-bond acceptors (Lipinski definition) is 6. The minimum absolute atomic E-state index is 0.617. The van der Waals surface area contributed by atoms with Gasteiger partial charge in [0.25, 0.3) is 0 Å². The predicted molar refractivity (Wildman–Crippen MR) is 113 cm³/mol. The van der Waals surface area contributed by atoms with Crippen LogP contribution in [0.15, 0.2) is 36.5 Å². The van der Waals surface area contributed by atoms with Gasteiger partial charge in [0, 0.05) is 50.6 Å². The van der Waals surface area contributed by atoms with E-state index in [-0.39, 0.29) is 0 Å². The van der Waals surface area contributed by atoms with Crippen molar-refractivity contribution in [3.63, 3.8) is 0 Å². The third kappa shape index (κ3) is 4.72. The first-order valence-electron chi connectivity index (χ1n) is 9.92. The van der Waals surface area contributed by atoms with E-state index in [1.54, 1.807) is 6.20 Å². The van der Waals surface area contributed by atoms with Crippen LogP contribution in [0.3, 0.4) is 0 Å². The molecular formula is C21H26N6O2. The maximum atomic E-state index is 10.8. The Kier molecular flexibility index (Phi) is 6.02. The Labute approximate surface area is 169 Å². The number of nitrogens with zero attached hydrogens (tertiary/aromatic N) is 4. The van der Waals surface area contributed by atoms with Crippen LogP contribution in [0, 0.1) is 0 Å². The van der Waals surface area contributed by atoms with E-state index in [4.69, 9.17) is 4.74 Å². The fourth-order valence-corrected chi connectivity index (χ4v) is 3.49. The Morgan fingerprint density at radius 1 is 1.21 bits per heavy atom. The smallest absolute Gasteiger partial charge is 0.213 e. The molecule has 1 amide bonds. The molecule has 2 N–H and O–H groups in total. The third-order valence-electron chi connectivity index (χ3n) is 5.20. The standard InChI is InChI=1S/C21H26N6O2/c1-26-9-11-27(12-10-26)8-3-13-29-19-7-6-16(14-22-19)21-24-18-5-2-4-17(23-15-28)20(18)25-21/h2,4-7,14-15H,3,8-13H2,1H3,(H,23,28)(H,24,25). The monoisotopic (exact) mass is 394 g/mol. The van der Waals surface area contributed by atoms with Crippen molar-refractivity contribution < 1.29 is 9.53 Å². The molecule has 4 rings (SSSR count). The second kappa shape index (κ2) is 9.02. The fourth-order valence-electron chi connectivity index (χ4n) is 3.49. The molecule has 3 heterocycles. The summed E-state index contributed by atoms with van der Waals surface area (Å²) < 4.78 is 5.79. The average Bonchev–Trinajstić information content (AvgIpc) is 3.19. The van der Waals surface area contributed by atoms with Crippen LogP contribution in [0.5, 0.6) is 5.88 Å². The molecule has 0 spiro atoms. The number of nitrogens with one attached hydrogen (secondary N) is 2. The number of anilines is 1. The number of para-hydroxylation sites is 1. The molecule has 2 aromatic heterocycles. The normalized spacial score (nSPS) is 15.5. The lowest BCUT2D eigenvalue weighted by Gasteiger charge is -2.32. The highest BCUT2D eigenvalue weighted by Gasteiger charge is 2.13. The number of amides is 1. The van der Waals surface area contributed by atoms with Crippen LogP contribution >= 0.6 is 0 Å². The van der Waals surface area contributed by atoms with Crippen LogP contribution in [-0.2, 0) is 4.79 Å². The van der Waals surface area contributed by atoms with Gasteiger partial charge in [-0.05, 0) is 31.7 Å². The van der Waals surface area contributed by atoms with Crippen LogP contribution < -0.4 is 10.1 Å². The van der Waals surface area contributed by atoms with Gasteiger partial charge in [0.1, 0.15) is 11.3 Å². The molecular weight excluding hydrogens is 368 g/mol. The van der Waals surface area contributed by atoms with Gasteiger partial charge in [-0.25, -0.2) is 9.97 Å². The number of rotatable bonds is 8. The summed E-state index contributed by atoms with van der Waals surface area (Å²) in [6, 6.07) is 9.41. The van der Waals surface area contributed by atoms with Crippen molar-refractivity contribution >= 4 is 23.1 Å². The van der Waals surface area contributed by atoms with Gasteiger partial charge in [-0.2, -0.15) is 0 Å². The first-order valence-corrected chi connectivity index (χ1v) is 9.92. The summed E-state index contributed by atoms with van der Waals surface area (Å²) >= 11 is 0. The Hall–Kier alpha value is -2.97. The highest BCUT2D eigenvalue weighted by molar-refractivity contribution is 5.94. The maximum absolute atomic E-state index is 10.8. The number of aromatic amines is 1. The summed E-state index contributed by atoms with van der Waals surface area (Å²) in [5, 5.41) is 2.67. The molecule has 152 valence electrons. The molecule has 1 saturated heterocycles. The van der Waals surface area contributed by atoms with E-state index in [1.807, 2.05) is 30.3 Å². The average molecular weight is 394 g/mol. The zero-order valence-electron chi connectivity index (χ0n) is 16.6. The van der Waals surface area contributed by atoms with Gasteiger partial charge >= 0.3 is 0 Å². The number of carbonyl (C=O) groups is 1. The lowest BCUT2D eigenvalue weighted by molar-refractivity contribution is -0.105. The lowest BCUT2D eigenvalue weighted by atomic mass is 10.3. The fraction of sp³-hybridized carbons (Fsp3) is 0.381. The lowest BCUT2D eigenvalue weighted by Crippen LogP contribution is -2.44. The summed E-state index contributed by atoms with van der Waals surface area (Å²) in [5.74, 6) is 1.32. The van der Waals surface area contributed by atoms with E-state index in [9.17, 15) is 4.79 Å². The number of likely N-dealkylation sites (N-methyl/N-ethyl adjacent to an activating group) is 1. The first-order chi connectivity index (χ1) is 14.2. The van der Waals surface area contributed by atoms with E-state index < -0.39 is 0 Å². The van der Waals surface area contributed by atoms with Crippen molar-refractivity contribution in [2.45, 2.75) is 6.42 Å². The Morgan fingerprint density at radius 2 is 2.07 bits per heavy atom. The quantitative estimate of drug-likeness (QED) is 0.450. The number of hydrogen-bond donors (Lipinski definition) is 2. The molecule has 0 radical (unpaired) electrons. The van der Waals surface area contributed by atoms with Gasteiger partial charge in [0.15, 0.2) is 0 Å². The molecule has 1 aliphatic rings. The minimum atomic E-state index is 0.617. The van der Waals surface area contributed by atoms with Gasteiger partial charge in [0.05, 0.1) is 17.8 Å². The summed E-state index contributed by atoms with van der Waals surface area (Å²) in [7, 11) is 2.17. The van der Waals surface area contributed by atoms with E-state index in [2.05, 4.69) is 37.1 Å². The summed E-state index contributed by atoms with van der Waals surface area (Å²) in [4.78, 5) is 27.9. The molecule has 0 atom stereocenters. The summed E-state index contributed by atoms with van der Waals surface area (Å²) in [6.45, 7) is 6.25. The molecule has 1 fully saturated rings. The van der Waals surface area contributed by atoms with Crippen LogP contribution in [-0.4, -0.2) is 77.5 Å². The number of H-pyrrole nitrogens is 1. The summed E-state index contributed by atoms with van der Waals surface area (Å²) in [6.07, 6.45) is 3.39. The van der Waals surface area contributed by atoms with Gasteiger partial charge in [-0.15, -0.1) is 0 Å². The number of piperazine rings is 1. The molecule has 0 saturated carbocycles. The maximum Gasteiger partial charge on any atom is 0.213 e. The van der Waals surface area contributed by atoms with E-state index in [0.717, 1.165) is 55.7 Å². The molecule has 1 aromatic carbocycles. The Balaban J connectivity index is 1.33. The van der Waals surface area contributed by atoms with Crippen molar-refractivity contribution in [3.8, 4) is 17.3 Å². The van der Waals surface area contributed by atoms with Gasteiger partial charge in [-0.1, -0.05) is 6.07 Å².